The Balaban J connectivity index is 1.37. The first-order valence-corrected chi connectivity index (χ1v) is 17.3. The topological polar surface area (TPSA) is 79.4 Å². The summed E-state index contributed by atoms with van der Waals surface area (Å²) in [6.07, 6.45) is 7.17. The Bertz CT molecular complexity index is 1430. The molecule has 3 unspecified atom stereocenters. The van der Waals surface area contributed by atoms with Crippen LogP contribution in [0, 0.1) is 5.92 Å². The second-order valence-electron chi connectivity index (χ2n) is 11.3. The number of hydrogen-bond donors (Lipinski definition) is 0. The smallest absolute Gasteiger partial charge is 0.338 e. The van der Waals surface area contributed by atoms with Crippen molar-refractivity contribution in [2.24, 2.45) is 5.92 Å². The van der Waals surface area contributed by atoms with E-state index in [4.69, 9.17) is 46.9 Å². The summed E-state index contributed by atoms with van der Waals surface area (Å²) in [5.74, 6) is 2.08. The first-order chi connectivity index (χ1) is 21.8. The SMILES string of the molecule is COc1cc(C(=O)OC(Cc2c(Cl)cncc2Cl)c2ccc(OC(P)P)c(CCC3CC3)c2)ccc1OCCN1CCOCC1. The molecule has 0 bridgehead atoms. The van der Waals surface area contributed by atoms with Crippen LogP contribution in [-0.4, -0.2) is 68.0 Å². The molecule has 12 heteroatoms. The highest BCUT2D eigenvalue weighted by atomic mass is 35.5. The fourth-order valence-corrected chi connectivity index (χ4v) is 6.10. The van der Waals surface area contributed by atoms with Gasteiger partial charge in [0.25, 0.3) is 0 Å². The van der Waals surface area contributed by atoms with Crippen LogP contribution in [0.4, 0.5) is 0 Å². The molecule has 1 aliphatic heterocycles. The molecule has 1 aliphatic carbocycles. The zero-order valence-corrected chi connectivity index (χ0v) is 29.2. The molecule has 45 heavy (non-hydrogen) atoms. The molecule has 2 heterocycles. The van der Waals surface area contributed by atoms with Gasteiger partial charge in [0.15, 0.2) is 11.5 Å². The molecule has 5 rings (SSSR count). The molecule has 242 valence electrons. The van der Waals surface area contributed by atoms with E-state index in [1.54, 1.807) is 37.7 Å². The van der Waals surface area contributed by atoms with Crippen LogP contribution in [0.1, 0.15) is 52.4 Å². The number of ether oxygens (including phenoxy) is 5. The molecule has 8 nitrogen and oxygen atoms in total. The van der Waals surface area contributed by atoms with E-state index >= 15 is 0 Å². The predicted octanol–water partition coefficient (Wildman–Crippen LogP) is 7.00. The number of methoxy groups -OCH3 is 1. The number of aryl methyl sites for hydroxylation is 1. The zero-order valence-electron chi connectivity index (χ0n) is 25.4. The Morgan fingerprint density at radius 1 is 1.04 bits per heavy atom. The third-order valence-corrected chi connectivity index (χ3v) is 8.92. The molecule has 1 saturated carbocycles. The Labute approximate surface area is 279 Å². The van der Waals surface area contributed by atoms with Crippen LogP contribution in [0.2, 0.25) is 10.0 Å². The molecule has 2 aromatic carbocycles. The summed E-state index contributed by atoms with van der Waals surface area (Å²) in [7, 11) is 6.83. The quantitative estimate of drug-likeness (QED) is 0.124. The minimum atomic E-state index is -0.679. The van der Waals surface area contributed by atoms with Gasteiger partial charge in [-0.15, -0.1) is 0 Å². The second-order valence-corrected chi connectivity index (χ2v) is 14.2. The van der Waals surface area contributed by atoms with Gasteiger partial charge in [-0.05, 0) is 65.8 Å². The van der Waals surface area contributed by atoms with E-state index in [0.717, 1.165) is 68.5 Å². The largest absolute Gasteiger partial charge is 0.493 e. The van der Waals surface area contributed by atoms with Gasteiger partial charge in [0.2, 0.25) is 0 Å². The molecule has 3 atom stereocenters. The van der Waals surface area contributed by atoms with Crippen molar-refractivity contribution in [3.05, 3.63) is 81.1 Å². The van der Waals surface area contributed by atoms with Gasteiger partial charge in [-0.3, -0.25) is 9.88 Å². The number of carbonyl (C=O) groups excluding carboxylic acids is 1. The molecule has 0 spiro atoms. The van der Waals surface area contributed by atoms with Crippen LogP contribution in [0.3, 0.4) is 0 Å². The highest BCUT2D eigenvalue weighted by Gasteiger charge is 2.25. The third-order valence-electron chi connectivity index (χ3n) is 8.00. The fourth-order valence-electron chi connectivity index (χ4n) is 5.29. The summed E-state index contributed by atoms with van der Waals surface area (Å²) < 4.78 is 29.3. The number of aromatic nitrogens is 1. The fraction of sp³-hybridized carbons (Fsp3) is 0.455. The summed E-state index contributed by atoms with van der Waals surface area (Å²) in [5, 5.41) is 0.818. The number of benzene rings is 2. The molecular formula is C33H40Cl2N2O6P2. The minimum Gasteiger partial charge on any atom is -0.493 e. The van der Waals surface area contributed by atoms with Crippen molar-refractivity contribution in [2.45, 2.75) is 43.8 Å². The van der Waals surface area contributed by atoms with E-state index in [9.17, 15) is 4.79 Å². The summed E-state index contributed by atoms with van der Waals surface area (Å²) in [6.45, 7) is 4.51. The molecular weight excluding hydrogens is 653 g/mol. The number of nitrogens with zero attached hydrogens (tertiary/aromatic N) is 2. The van der Waals surface area contributed by atoms with Crippen LogP contribution in [0.5, 0.6) is 17.2 Å². The molecule has 3 aromatic rings. The lowest BCUT2D eigenvalue weighted by atomic mass is 9.97. The maximum absolute atomic E-state index is 13.7. The lowest BCUT2D eigenvalue weighted by molar-refractivity contribution is 0.0297. The van der Waals surface area contributed by atoms with E-state index < -0.39 is 12.1 Å². The van der Waals surface area contributed by atoms with Crippen LogP contribution in [-0.2, 0) is 22.3 Å². The Morgan fingerprint density at radius 3 is 2.47 bits per heavy atom. The maximum atomic E-state index is 13.7. The summed E-state index contributed by atoms with van der Waals surface area (Å²) in [5.41, 5.74) is 2.77. The van der Waals surface area contributed by atoms with Crippen molar-refractivity contribution in [1.29, 1.82) is 0 Å². The average molecular weight is 694 g/mol. The lowest BCUT2D eigenvalue weighted by Crippen LogP contribution is -2.38. The summed E-state index contributed by atoms with van der Waals surface area (Å²) in [6, 6.07) is 11.0. The number of carbonyl (C=O) groups is 1. The zero-order chi connectivity index (χ0) is 31.8. The molecule has 0 N–H and O–H groups in total. The monoisotopic (exact) mass is 692 g/mol. The highest BCUT2D eigenvalue weighted by molar-refractivity contribution is 7.37. The van der Waals surface area contributed by atoms with Crippen molar-refractivity contribution < 1.29 is 28.5 Å². The minimum absolute atomic E-state index is 0.125. The number of morpholine rings is 1. The van der Waals surface area contributed by atoms with Crippen molar-refractivity contribution >= 4 is 47.7 Å². The van der Waals surface area contributed by atoms with Crippen molar-refractivity contribution in [3.8, 4) is 17.2 Å². The standard InChI is InChI=1S/C33H40Cl2N2O6P2/c1-39-31-17-24(7-9-29(31)41-15-12-37-10-13-40-14-11-37)32(38)42-30(18-25-26(34)19-36-20-27(25)35)23-6-8-28(43-33(44)45)22(16-23)5-4-21-2-3-21/h6-9,16-17,19-21,30,33H,2-5,10-15,18,44-45H2,1H3. The van der Waals surface area contributed by atoms with Crippen molar-refractivity contribution in [1.82, 2.24) is 9.88 Å². The van der Waals surface area contributed by atoms with E-state index in [-0.39, 0.29) is 12.0 Å². The summed E-state index contributed by atoms with van der Waals surface area (Å²) in [4.78, 5) is 20.0. The van der Waals surface area contributed by atoms with Crippen LogP contribution in [0.25, 0.3) is 0 Å². The second kappa shape index (κ2) is 16.6. The van der Waals surface area contributed by atoms with E-state index in [2.05, 4.69) is 34.4 Å². The molecule has 1 saturated heterocycles. The first kappa shape index (κ1) is 34.2. The van der Waals surface area contributed by atoms with Gasteiger partial charge in [-0.1, -0.05) is 60.6 Å². The average Bonchev–Trinajstić information content (AvgIpc) is 3.87. The van der Waals surface area contributed by atoms with E-state index in [1.807, 2.05) is 12.1 Å². The number of pyridine rings is 1. The summed E-state index contributed by atoms with van der Waals surface area (Å²) >= 11 is 13.0. The van der Waals surface area contributed by atoms with Gasteiger partial charge in [-0.2, -0.15) is 0 Å². The number of rotatable bonds is 15. The number of esters is 1. The first-order valence-electron chi connectivity index (χ1n) is 15.2. The third kappa shape index (κ3) is 9.91. The van der Waals surface area contributed by atoms with Gasteiger partial charge in [0.05, 0.1) is 35.9 Å². The van der Waals surface area contributed by atoms with E-state index in [1.165, 1.54) is 12.8 Å². The van der Waals surface area contributed by atoms with Gasteiger partial charge in [-0.25, -0.2) is 4.79 Å². The number of hydrogen-bond acceptors (Lipinski definition) is 8. The van der Waals surface area contributed by atoms with Crippen LogP contribution >= 0.6 is 41.7 Å². The lowest BCUT2D eigenvalue weighted by Gasteiger charge is -2.26. The molecule has 0 radical (unpaired) electrons. The molecule has 0 amide bonds. The Kier molecular flexibility index (Phi) is 12.6. The highest BCUT2D eigenvalue weighted by Crippen LogP contribution is 2.38. The van der Waals surface area contributed by atoms with Gasteiger partial charge in [0.1, 0.15) is 24.0 Å². The maximum Gasteiger partial charge on any atom is 0.338 e. The number of halogens is 2. The molecule has 2 fully saturated rings. The van der Waals surface area contributed by atoms with Gasteiger partial charge in [0, 0.05) is 38.4 Å². The van der Waals surface area contributed by atoms with Gasteiger partial charge >= 0.3 is 5.97 Å². The molecule has 1 aromatic heterocycles. The van der Waals surface area contributed by atoms with Crippen LogP contribution in [0.15, 0.2) is 48.8 Å². The Morgan fingerprint density at radius 2 is 1.78 bits per heavy atom. The predicted molar refractivity (Wildman–Crippen MR) is 183 cm³/mol. The Hall–Kier alpha value is -2.18. The van der Waals surface area contributed by atoms with Crippen molar-refractivity contribution in [2.75, 3.05) is 46.6 Å². The normalized spacial score (nSPS) is 16.0. The van der Waals surface area contributed by atoms with Crippen LogP contribution < -0.4 is 14.2 Å². The van der Waals surface area contributed by atoms with Gasteiger partial charge < -0.3 is 23.7 Å². The van der Waals surface area contributed by atoms with E-state index in [0.29, 0.717) is 39.3 Å². The van der Waals surface area contributed by atoms with Crippen molar-refractivity contribution in [3.63, 3.8) is 0 Å². The molecule has 2 aliphatic rings.